The van der Waals surface area contributed by atoms with Crippen LogP contribution in [0, 0.1) is 5.41 Å². The fourth-order valence-corrected chi connectivity index (χ4v) is 2.73. The van der Waals surface area contributed by atoms with E-state index in [2.05, 4.69) is 31.3 Å². The van der Waals surface area contributed by atoms with Crippen molar-refractivity contribution >= 4 is 5.69 Å². The first-order valence-corrected chi connectivity index (χ1v) is 7.00. The van der Waals surface area contributed by atoms with Gasteiger partial charge >= 0.3 is 0 Å². The Balaban J connectivity index is 1.92. The van der Waals surface area contributed by atoms with E-state index < -0.39 is 0 Å². The van der Waals surface area contributed by atoms with Gasteiger partial charge in [0.25, 0.3) is 0 Å². The summed E-state index contributed by atoms with van der Waals surface area (Å²) in [5, 5.41) is 3.65. The second-order valence-electron chi connectivity index (χ2n) is 6.16. The van der Waals surface area contributed by atoms with Crippen LogP contribution in [0.2, 0.25) is 0 Å². The summed E-state index contributed by atoms with van der Waals surface area (Å²) in [6, 6.07) is 8.87. The molecule has 0 aromatic heterocycles. The van der Waals surface area contributed by atoms with Crippen LogP contribution in [0.5, 0.6) is 5.75 Å². The van der Waals surface area contributed by atoms with Gasteiger partial charge in [-0.15, -0.1) is 0 Å². The Labute approximate surface area is 111 Å². The second-order valence-corrected chi connectivity index (χ2v) is 6.16. The maximum Gasteiger partial charge on any atom is 0.119 e. The van der Waals surface area contributed by atoms with Crippen molar-refractivity contribution in [3.8, 4) is 5.75 Å². The van der Waals surface area contributed by atoms with Gasteiger partial charge in [0.1, 0.15) is 5.75 Å². The van der Waals surface area contributed by atoms with Crippen LogP contribution in [0.3, 0.4) is 0 Å². The van der Waals surface area contributed by atoms with Crippen molar-refractivity contribution in [3.05, 3.63) is 24.3 Å². The Morgan fingerprint density at radius 3 is 2.50 bits per heavy atom. The van der Waals surface area contributed by atoms with Gasteiger partial charge in [-0.3, -0.25) is 0 Å². The maximum absolute atomic E-state index is 5.18. The Hall–Kier alpha value is -1.18. The quantitative estimate of drug-likeness (QED) is 0.796. The van der Waals surface area contributed by atoms with Crippen LogP contribution in [0.4, 0.5) is 5.69 Å². The van der Waals surface area contributed by atoms with Crippen LogP contribution in [0.25, 0.3) is 0 Å². The van der Waals surface area contributed by atoms with Crippen molar-refractivity contribution in [2.24, 2.45) is 5.41 Å². The first-order valence-electron chi connectivity index (χ1n) is 7.00. The molecule has 0 radical (unpaired) electrons. The van der Waals surface area contributed by atoms with E-state index in [1.807, 2.05) is 12.1 Å². The van der Waals surface area contributed by atoms with Crippen molar-refractivity contribution in [1.29, 1.82) is 0 Å². The molecular formula is C16H25NO. The average Bonchev–Trinajstić information content (AvgIpc) is 2.52. The molecule has 0 spiro atoms. The minimum atomic E-state index is 0.524. The molecule has 1 aromatic carbocycles. The van der Waals surface area contributed by atoms with Crippen LogP contribution in [0.15, 0.2) is 24.3 Å². The van der Waals surface area contributed by atoms with E-state index in [1.165, 1.54) is 37.8 Å². The monoisotopic (exact) mass is 247 g/mol. The Morgan fingerprint density at radius 2 is 1.83 bits per heavy atom. The molecule has 1 aliphatic rings. The summed E-state index contributed by atoms with van der Waals surface area (Å²) in [5.41, 5.74) is 1.73. The molecule has 1 aromatic rings. The molecule has 1 saturated carbocycles. The summed E-state index contributed by atoms with van der Waals surface area (Å²) in [5.74, 6) is 0.919. The highest BCUT2D eigenvalue weighted by Crippen LogP contribution is 2.34. The van der Waals surface area contributed by atoms with Gasteiger partial charge in [0.05, 0.1) is 7.11 Å². The molecule has 0 amide bonds. The molecule has 2 heteroatoms. The number of hydrogen-bond acceptors (Lipinski definition) is 2. The van der Waals surface area contributed by atoms with Gasteiger partial charge in [0.2, 0.25) is 0 Å². The lowest BCUT2D eigenvalue weighted by Crippen LogP contribution is -2.19. The van der Waals surface area contributed by atoms with Gasteiger partial charge in [-0.1, -0.05) is 20.3 Å². The normalized spacial score (nSPS) is 23.2. The molecule has 1 fully saturated rings. The summed E-state index contributed by atoms with van der Waals surface area (Å²) in [7, 11) is 1.70. The van der Waals surface area contributed by atoms with Gasteiger partial charge in [0, 0.05) is 11.7 Å². The number of benzene rings is 1. The van der Waals surface area contributed by atoms with E-state index in [0.29, 0.717) is 11.5 Å². The predicted molar refractivity (Wildman–Crippen MR) is 77.3 cm³/mol. The van der Waals surface area contributed by atoms with E-state index >= 15 is 0 Å². The Kier molecular flexibility index (Phi) is 4.15. The van der Waals surface area contributed by atoms with Crippen molar-refractivity contribution in [2.75, 3.05) is 12.4 Å². The molecule has 100 valence electrons. The zero-order valence-electron chi connectivity index (χ0n) is 11.8. The molecular weight excluding hydrogens is 222 g/mol. The molecule has 2 nitrogen and oxygen atoms in total. The zero-order chi connectivity index (χ0) is 13.0. The number of hydrogen-bond donors (Lipinski definition) is 1. The van der Waals surface area contributed by atoms with Crippen molar-refractivity contribution in [1.82, 2.24) is 0 Å². The van der Waals surface area contributed by atoms with Crippen LogP contribution in [-0.2, 0) is 0 Å². The lowest BCUT2D eigenvalue weighted by atomic mass is 9.85. The van der Waals surface area contributed by atoms with Gasteiger partial charge in [0.15, 0.2) is 0 Å². The third-order valence-electron chi connectivity index (χ3n) is 4.04. The van der Waals surface area contributed by atoms with Crippen LogP contribution < -0.4 is 10.1 Å². The molecule has 1 unspecified atom stereocenters. The third kappa shape index (κ3) is 3.66. The van der Waals surface area contributed by atoms with Crippen LogP contribution in [-0.4, -0.2) is 13.2 Å². The first kappa shape index (κ1) is 13.3. The summed E-state index contributed by atoms with van der Waals surface area (Å²) in [6.07, 6.45) is 6.57. The molecule has 2 rings (SSSR count). The van der Waals surface area contributed by atoms with E-state index in [9.17, 15) is 0 Å². The predicted octanol–water partition coefficient (Wildman–Crippen LogP) is 4.47. The molecule has 0 aliphatic heterocycles. The minimum Gasteiger partial charge on any atom is -0.497 e. The summed E-state index contributed by atoms with van der Waals surface area (Å²) in [4.78, 5) is 0. The summed E-state index contributed by atoms with van der Waals surface area (Å²) in [6.45, 7) is 4.78. The highest BCUT2D eigenvalue weighted by atomic mass is 16.5. The van der Waals surface area contributed by atoms with Gasteiger partial charge in [-0.05, 0) is 55.4 Å². The summed E-state index contributed by atoms with van der Waals surface area (Å²) >= 11 is 0. The third-order valence-corrected chi connectivity index (χ3v) is 4.04. The van der Waals surface area contributed by atoms with Crippen LogP contribution in [0.1, 0.15) is 46.0 Å². The standard InChI is InChI=1S/C16H25NO/c1-16(2)11-4-5-13(10-12-16)17-14-6-8-15(18-3)9-7-14/h6-9,13,17H,4-5,10-12H2,1-3H3. The number of rotatable bonds is 3. The Morgan fingerprint density at radius 1 is 1.11 bits per heavy atom. The SMILES string of the molecule is COc1ccc(NC2CCCC(C)(C)CC2)cc1. The second kappa shape index (κ2) is 5.64. The van der Waals surface area contributed by atoms with Crippen molar-refractivity contribution in [2.45, 2.75) is 52.0 Å². The highest BCUT2D eigenvalue weighted by molar-refractivity contribution is 5.47. The van der Waals surface area contributed by atoms with Gasteiger partial charge in [-0.2, -0.15) is 0 Å². The molecule has 0 bridgehead atoms. The molecule has 0 heterocycles. The fraction of sp³-hybridized carbons (Fsp3) is 0.625. The number of anilines is 1. The highest BCUT2D eigenvalue weighted by Gasteiger charge is 2.24. The van der Waals surface area contributed by atoms with E-state index in [1.54, 1.807) is 7.11 Å². The minimum absolute atomic E-state index is 0.524. The number of methoxy groups -OCH3 is 1. The number of nitrogens with one attached hydrogen (secondary N) is 1. The molecule has 0 saturated heterocycles. The van der Waals surface area contributed by atoms with E-state index in [-0.39, 0.29) is 0 Å². The molecule has 1 aliphatic carbocycles. The zero-order valence-corrected chi connectivity index (χ0v) is 11.8. The largest absolute Gasteiger partial charge is 0.497 e. The lowest BCUT2D eigenvalue weighted by molar-refractivity contribution is 0.313. The van der Waals surface area contributed by atoms with Gasteiger partial charge in [-0.25, -0.2) is 0 Å². The van der Waals surface area contributed by atoms with E-state index in [4.69, 9.17) is 4.74 Å². The first-order chi connectivity index (χ1) is 8.59. The number of ether oxygens (including phenoxy) is 1. The van der Waals surface area contributed by atoms with Crippen molar-refractivity contribution in [3.63, 3.8) is 0 Å². The van der Waals surface area contributed by atoms with E-state index in [0.717, 1.165) is 5.75 Å². The fourth-order valence-electron chi connectivity index (χ4n) is 2.73. The lowest BCUT2D eigenvalue weighted by Gasteiger charge is -2.22. The summed E-state index contributed by atoms with van der Waals surface area (Å²) < 4.78 is 5.18. The maximum atomic E-state index is 5.18. The Bertz CT molecular complexity index is 369. The van der Waals surface area contributed by atoms with Crippen molar-refractivity contribution < 1.29 is 4.74 Å². The molecule has 18 heavy (non-hydrogen) atoms. The smallest absolute Gasteiger partial charge is 0.119 e. The topological polar surface area (TPSA) is 21.3 Å². The molecule has 1 atom stereocenters. The average molecular weight is 247 g/mol. The van der Waals surface area contributed by atoms with Crippen LogP contribution >= 0.6 is 0 Å². The van der Waals surface area contributed by atoms with Gasteiger partial charge < -0.3 is 10.1 Å². The molecule has 1 N–H and O–H groups in total.